The Morgan fingerprint density at radius 2 is 2.19 bits per heavy atom. The van der Waals surface area contributed by atoms with Crippen LogP contribution in [-0.2, 0) is 11.2 Å². The van der Waals surface area contributed by atoms with Gasteiger partial charge in [-0.25, -0.2) is 4.79 Å². The molecule has 1 saturated heterocycles. The lowest BCUT2D eigenvalue weighted by atomic mass is 10.1. The zero-order chi connectivity index (χ0) is 19.5. The van der Waals surface area contributed by atoms with Gasteiger partial charge in [0.15, 0.2) is 5.96 Å². The van der Waals surface area contributed by atoms with Gasteiger partial charge in [-0.15, -0.1) is 0 Å². The molecule has 0 spiro atoms. The Morgan fingerprint density at radius 1 is 1.41 bits per heavy atom. The number of guanidine groups is 1. The topological polar surface area (TPSA) is 79.1 Å². The van der Waals surface area contributed by atoms with Gasteiger partial charge in [-0.2, -0.15) is 0 Å². The summed E-state index contributed by atoms with van der Waals surface area (Å²) in [5.74, 6) is 2.44. The third-order valence-electron chi connectivity index (χ3n) is 4.58. The Morgan fingerprint density at radius 3 is 2.81 bits per heavy atom. The Balaban J connectivity index is 1.81. The van der Waals surface area contributed by atoms with Crippen molar-refractivity contribution in [1.82, 2.24) is 15.5 Å². The molecule has 7 heteroatoms. The average Bonchev–Trinajstić information content (AvgIpc) is 3.15. The zero-order valence-corrected chi connectivity index (χ0v) is 16.9. The number of aliphatic imine (C=N–C) groups is 1. The summed E-state index contributed by atoms with van der Waals surface area (Å²) in [5, 5.41) is 6.94. The van der Waals surface area contributed by atoms with E-state index in [2.05, 4.69) is 24.5 Å². The Labute approximate surface area is 162 Å². The molecule has 1 aliphatic rings. The van der Waals surface area contributed by atoms with Crippen LogP contribution in [0.2, 0.25) is 0 Å². The summed E-state index contributed by atoms with van der Waals surface area (Å²) in [4.78, 5) is 18.3. The van der Waals surface area contributed by atoms with Crippen molar-refractivity contribution >= 4 is 12.1 Å². The number of hydrogen-bond acceptors (Lipinski definition) is 4. The molecule has 27 heavy (non-hydrogen) atoms. The van der Waals surface area contributed by atoms with E-state index in [9.17, 15) is 4.79 Å². The lowest BCUT2D eigenvalue weighted by molar-refractivity contribution is 0.0963. The Hall–Kier alpha value is -2.18. The maximum absolute atomic E-state index is 11.8. The number of ether oxygens (including phenoxy) is 1. The van der Waals surface area contributed by atoms with E-state index in [1.165, 1.54) is 0 Å². The maximum Gasteiger partial charge on any atom is 0.409 e. The minimum Gasteiger partial charge on any atom is -0.469 e. The summed E-state index contributed by atoms with van der Waals surface area (Å²) in [6.45, 7) is 9.66. The molecule has 0 atom stereocenters. The van der Waals surface area contributed by atoms with E-state index in [-0.39, 0.29) is 6.09 Å². The number of piperidine rings is 1. The van der Waals surface area contributed by atoms with E-state index >= 15 is 0 Å². The second-order valence-corrected chi connectivity index (χ2v) is 7.27. The molecule has 1 amide bonds. The van der Waals surface area contributed by atoms with Crippen LogP contribution in [0, 0.1) is 5.92 Å². The van der Waals surface area contributed by atoms with Crippen LogP contribution in [0.4, 0.5) is 4.79 Å². The molecule has 2 heterocycles. The summed E-state index contributed by atoms with van der Waals surface area (Å²) >= 11 is 0. The number of rotatable bonds is 8. The van der Waals surface area contributed by atoms with Crippen LogP contribution >= 0.6 is 0 Å². The largest absolute Gasteiger partial charge is 0.469 e. The van der Waals surface area contributed by atoms with Crippen molar-refractivity contribution in [2.24, 2.45) is 10.9 Å². The fourth-order valence-corrected chi connectivity index (χ4v) is 2.96. The molecule has 1 aromatic rings. The predicted molar refractivity (Wildman–Crippen MR) is 107 cm³/mol. The molecular formula is C20H34N4O3. The minimum atomic E-state index is -0.210. The minimum absolute atomic E-state index is 0.210. The highest BCUT2D eigenvalue weighted by atomic mass is 16.6. The normalized spacial score (nSPS) is 15.9. The monoisotopic (exact) mass is 378 g/mol. The molecule has 7 nitrogen and oxygen atoms in total. The number of nitrogens with zero attached hydrogens (tertiary/aromatic N) is 2. The highest BCUT2D eigenvalue weighted by Crippen LogP contribution is 2.11. The van der Waals surface area contributed by atoms with Gasteiger partial charge in [-0.1, -0.05) is 13.8 Å². The quantitative estimate of drug-likeness (QED) is 0.537. The number of nitrogens with one attached hydrogen (secondary N) is 2. The van der Waals surface area contributed by atoms with Crippen molar-refractivity contribution in [3.63, 3.8) is 0 Å². The van der Waals surface area contributed by atoms with Gasteiger partial charge in [0, 0.05) is 38.6 Å². The molecule has 2 rings (SSSR count). The first-order valence-corrected chi connectivity index (χ1v) is 10.1. The van der Waals surface area contributed by atoms with Crippen LogP contribution < -0.4 is 10.6 Å². The highest BCUT2D eigenvalue weighted by Gasteiger charge is 2.24. The first-order chi connectivity index (χ1) is 13.1. The van der Waals surface area contributed by atoms with E-state index in [4.69, 9.17) is 14.1 Å². The smallest absolute Gasteiger partial charge is 0.409 e. The third-order valence-corrected chi connectivity index (χ3v) is 4.58. The standard InChI is InChI=1S/C20H34N4O3/c1-4-26-20(25)24-13-9-17(10-14-24)23-19(21-11-7-16(2)3)22-12-8-18-6-5-15-27-18/h5-6,15-17H,4,7-14H2,1-3H3,(H2,21,22,23). The lowest BCUT2D eigenvalue weighted by Gasteiger charge is -2.32. The average molecular weight is 379 g/mol. The van der Waals surface area contributed by atoms with Gasteiger partial charge in [0.25, 0.3) is 0 Å². The third kappa shape index (κ3) is 7.93. The van der Waals surface area contributed by atoms with Crippen LogP contribution in [-0.4, -0.2) is 55.8 Å². The van der Waals surface area contributed by atoms with Crippen molar-refractivity contribution in [3.8, 4) is 0 Å². The SMILES string of the molecule is CCOC(=O)N1CCC(NC(=NCCC(C)C)NCCc2ccco2)CC1. The van der Waals surface area contributed by atoms with Gasteiger partial charge in [-0.3, -0.25) is 4.99 Å². The molecule has 0 bridgehead atoms. The van der Waals surface area contributed by atoms with Crippen molar-refractivity contribution in [2.45, 2.75) is 52.5 Å². The van der Waals surface area contributed by atoms with E-state index in [1.807, 2.05) is 19.1 Å². The van der Waals surface area contributed by atoms with Gasteiger partial charge in [0.1, 0.15) is 5.76 Å². The van der Waals surface area contributed by atoms with Gasteiger partial charge in [0.2, 0.25) is 0 Å². The molecule has 0 aliphatic carbocycles. The summed E-state index contributed by atoms with van der Waals surface area (Å²) < 4.78 is 10.5. The molecule has 2 N–H and O–H groups in total. The molecule has 152 valence electrons. The molecule has 0 saturated carbocycles. The zero-order valence-electron chi connectivity index (χ0n) is 16.9. The van der Waals surface area contributed by atoms with Crippen molar-refractivity contribution in [2.75, 3.05) is 32.8 Å². The van der Waals surface area contributed by atoms with Crippen molar-refractivity contribution in [3.05, 3.63) is 24.2 Å². The first-order valence-electron chi connectivity index (χ1n) is 10.1. The van der Waals surface area contributed by atoms with Gasteiger partial charge < -0.3 is 24.7 Å². The fourth-order valence-electron chi connectivity index (χ4n) is 2.96. The van der Waals surface area contributed by atoms with Crippen LogP contribution in [0.25, 0.3) is 0 Å². The Bertz CT molecular complexity index is 564. The van der Waals surface area contributed by atoms with Crippen molar-refractivity contribution in [1.29, 1.82) is 0 Å². The number of carbonyl (C=O) groups is 1. The van der Waals surface area contributed by atoms with Crippen LogP contribution in [0.3, 0.4) is 0 Å². The number of amides is 1. The summed E-state index contributed by atoms with van der Waals surface area (Å²) in [7, 11) is 0. The molecule has 1 fully saturated rings. The summed E-state index contributed by atoms with van der Waals surface area (Å²) in [6.07, 6.45) is 5.15. The van der Waals surface area contributed by atoms with E-state index in [0.29, 0.717) is 31.7 Å². The Kier molecular flexibility index (Phi) is 9.01. The number of hydrogen-bond donors (Lipinski definition) is 2. The van der Waals surface area contributed by atoms with E-state index in [1.54, 1.807) is 11.2 Å². The van der Waals surface area contributed by atoms with Crippen molar-refractivity contribution < 1.29 is 13.9 Å². The van der Waals surface area contributed by atoms with Gasteiger partial charge in [-0.05, 0) is 44.2 Å². The molecule has 0 radical (unpaired) electrons. The first kappa shape index (κ1) is 21.1. The summed E-state index contributed by atoms with van der Waals surface area (Å²) in [5.41, 5.74) is 0. The van der Waals surface area contributed by atoms with Crippen LogP contribution in [0.5, 0.6) is 0 Å². The molecule has 1 aliphatic heterocycles. The molecule has 0 aromatic carbocycles. The fraction of sp³-hybridized carbons (Fsp3) is 0.700. The van der Waals surface area contributed by atoms with Crippen LogP contribution in [0.15, 0.2) is 27.8 Å². The van der Waals surface area contributed by atoms with Crippen LogP contribution in [0.1, 0.15) is 45.8 Å². The van der Waals surface area contributed by atoms with Gasteiger partial charge >= 0.3 is 6.09 Å². The number of carbonyl (C=O) groups excluding carboxylic acids is 1. The second kappa shape index (κ2) is 11.5. The number of furan rings is 1. The lowest BCUT2D eigenvalue weighted by Crippen LogP contribution is -2.50. The molecule has 1 aromatic heterocycles. The molecule has 0 unspecified atom stereocenters. The number of likely N-dealkylation sites (tertiary alicyclic amines) is 1. The van der Waals surface area contributed by atoms with Gasteiger partial charge in [0.05, 0.1) is 12.9 Å². The molecular weight excluding hydrogens is 344 g/mol. The van der Waals surface area contributed by atoms with E-state index < -0.39 is 0 Å². The maximum atomic E-state index is 11.8. The van der Waals surface area contributed by atoms with E-state index in [0.717, 1.165) is 50.5 Å². The summed E-state index contributed by atoms with van der Waals surface area (Å²) in [6, 6.07) is 4.20. The predicted octanol–water partition coefficient (Wildman–Crippen LogP) is 3.02. The highest BCUT2D eigenvalue weighted by molar-refractivity contribution is 5.80. The second-order valence-electron chi connectivity index (χ2n) is 7.27.